The maximum absolute atomic E-state index is 11.9. The van der Waals surface area contributed by atoms with E-state index in [1.807, 2.05) is 0 Å². The van der Waals surface area contributed by atoms with Gasteiger partial charge in [-0.25, -0.2) is 0 Å². The maximum atomic E-state index is 11.9. The fourth-order valence-corrected chi connectivity index (χ4v) is 2.64. The molecule has 1 amide bonds. The summed E-state index contributed by atoms with van der Waals surface area (Å²) in [6.45, 7) is 5.74. The topological polar surface area (TPSA) is 82.5 Å². The van der Waals surface area contributed by atoms with Crippen LogP contribution in [0.15, 0.2) is 0 Å². The molecule has 0 bridgehead atoms. The summed E-state index contributed by atoms with van der Waals surface area (Å²) in [6.07, 6.45) is 12.5. The van der Waals surface area contributed by atoms with Crippen molar-refractivity contribution >= 4 is 17.8 Å². The van der Waals surface area contributed by atoms with Crippen LogP contribution in [0.25, 0.3) is 0 Å². The Labute approximate surface area is 159 Å². The number of unbranched alkanes of at least 4 members (excludes halogenated alkanes) is 9. The smallest absolute Gasteiger partial charge is 0.325 e. The average molecular weight is 370 g/mol. The number of guanidine groups is 1. The third-order valence-corrected chi connectivity index (χ3v) is 4.13. The van der Waals surface area contributed by atoms with Crippen LogP contribution in [0.1, 0.15) is 91.4 Å². The highest BCUT2D eigenvalue weighted by Crippen LogP contribution is 2.11. The molecule has 6 heteroatoms. The number of carbonyl (C=O) groups excluding carboxylic acids is 2. The molecule has 0 saturated carbocycles. The summed E-state index contributed by atoms with van der Waals surface area (Å²) in [6, 6.07) is 0. The van der Waals surface area contributed by atoms with Gasteiger partial charge in [-0.1, -0.05) is 64.7 Å². The molecule has 0 heterocycles. The molecule has 0 unspecified atom stereocenters. The number of nitrogens with one attached hydrogen (secondary N) is 2. The molecule has 0 saturated heterocycles. The lowest BCUT2D eigenvalue weighted by molar-refractivity contribution is -0.147. The van der Waals surface area contributed by atoms with Crippen molar-refractivity contribution < 1.29 is 14.3 Å². The first-order valence-corrected chi connectivity index (χ1v) is 10.2. The molecular weight excluding hydrogens is 330 g/mol. The Bertz CT molecular complexity index is 411. The van der Waals surface area contributed by atoms with Crippen LogP contribution in [0.4, 0.5) is 0 Å². The average Bonchev–Trinajstić information content (AvgIpc) is 2.55. The fourth-order valence-electron chi connectivity index (χ4n) is 2.64. The van der Waals surface area contributed by atoms with Gasteiger partial charge in [0.15, 0.2) is 5.96 Å². The third kappa shape index (κ3) is 14.7. The van der Waals surface area contributed by atoms with Crippen LogP contribution < -0.4 is 5.32 Å². The van der Waals surface area contributed by atoms with E-state index in [0.29, 0.717) is 6.42 Å². The number of hydrogen-bond acceptors (Lipinski definition) is 4. The quantitative estimate of drug-likeness (QED) is 0.208. The first kappa shape index (κ1) is 24.4. The van der Waals surface area contributed by atoms with Crippen molar-refractivity contribution in [3.8, 4) is 0 Å². The highest BCUT2D eigenvalue weighted by atomic mass is 16.5. The van der Waals surface area contributed by atoms with Crippen LogP contribution in [0.5, 0.6) is 0 Å². The molecule has 0 radical (unpaired) electrons. The number of amides is 1. The molecule has 0 spiro atoms. The van der Waals surface area contributed by atoms with Crippen molar-refractivity contribution in [1.29, 1.82) is 5.41 Å². The van der Waals surface area contributed by atoms with E-state index in [2.05, 4.69) is 12.2 Å². The predicted molar refractivity (Wildman–Crippen MR) is 106 cm³/mol. The van der Waals surface area contributed by atoms with Crippen LogP contribution >= 0.6 is 0 Å². The minimum Gasteiger partial charge on any atom is -0.462 e. The number of esters is 1. The molecule has 0 aromatic rings. The summed E-state index contributed by atoms with van der Waals surface area (Å²) in [5, 5.41) is 10.4. The van der Waals surface area contributed by atoms with Crippen LogP contribution in [0.3, 0.4) is 0 Å². The van der Waals surface area contributed by atoms with Gasteiger partial charge in [0.2, 0.25) is 5.91 Å². The van der Waals surface area contributed by atoms with Gasteiger partial charge in [0, 0.05) is 13.5 Å². The molecule has 0 rings (SSSR count). The molecule has 0 aromatic heterocycles. The van der Waals surface area contributed by atoms with Gasteiger partial charge in [0.25, 0.3) is 0 Å². The predicted octanol–water partition coefficient (Wildman–Crippen LogP) is 4.23. The summed E-state index contributed by atoms with van der Waals surface area (Å²) >= 11 is 0. The van der Waals surface area contributed by atoms with E-state index >= 15 is 0 Å². The normalized spacial score (nSPS) is 10.7. The molecule has 26 heavy (non-hydrogen) atoms. The molecule has 0 aromatic carbocycles. The molecule has 0 aliphatic carbocycles. The minimum absolute atomic E-state index is 0.0461. The highest BCUT2D eigenvalue weighted by Gasteiger charge is 2.14. The maximum Gasteiger partial charge on any atom is 0.325 e. The van der Waals surface area contributed by atoms with Gasteiger partial charge in [-0.05, 0) is 20.3 Å². The largest absolute Gasteiger partial charge is 0.462 e. The van der Waals surface area contributed by atoms with Crippen molar-refractivity contribution in [1.82, 2.24) is 10.2 Å². The van der Waals surface area contributed by atoms with Crippen molar-refractivity contribution in [2.24, 2.45) is 0 Å². The lowest BCUT2D eigenvalue weighted by Gasteiger charge is -2.20. The van der Waals surface area contributed by atoms with Gasteiger partial charge < -0.3 is 9.64 Å². The summed E-state index contributed by atoms with van der Waals surface area (Å²) < 4.78 is 5.02. The summed E-state index contributed by atoms with van der Waals surface area (Å²) in [7, 11) is 1.59. The molecule has 6 nitrogen and oxygen atoms in total. The van der Waals surface area contributed by atoms with Crippen LogP contribution in [-0.4, -0.2) is 42.4 Å². The summed E-state index contributed by atoms with van der Waals surface area (Å²) in [5.41, 5.74) is 0. The minimum atomic E-state index is -0.406. The fraction of sp³-hybridized carbons (Fsp3) is 0.850. The number of nitrogens with zero attached hydrogens (tertiary/aromatic N) is 1. The lowest BCUT2D eigenvalue weighted by atomic mass is 10.1. The number of likely N-dealkylation sites (N-methyl/N-ethyl adjacent to an activating group) is 1. The third-order valence-electron chi connectivity index (χ3n) is 4.13. The first-order valence-electron chi connectivity index (χ1n) is 10.2. The summed E-state index contributed by atoms with van der Waals surface area (Å²) in [5.74, 6) is -0.641. The molecule has 2 N–H and O–H groups in total. The Hall–Kier alpha value is -1.59. The molecule has 0 fully saturated rings. The molecular formula is C20H39N3O3. The Morgan fingerprint density at radius 3 is 1.96 bits per heavy atom. The monoisotopic (exact) mass is 369 g/mol. The van der Waals surface area contributed by atoms with Crippen LogP contribution in [0.2, 0.25) is 0 Å². The Kier molecular flexibility index (Phi) is 14.7. The Morgan fingerprint density at radius 1 is 0.962 bits per heavy atom. The number of hydrogen-bond donors (Lipinski definition) is 2. The van der Waals surface area contributed by atoms with Crippen molar-refractivity contribution in [2.75, 3.05) is 13.6 Å². The van der Waals surface area contributed by atoms with Gasteiger partial charge >= 0.3 is 5.97 Å². The van der Waals surface area contributed by atoms with E-state index in [1.54, 1.807) is 20.9 Å². The summed E-state index contributed by atoms with van der Waals surface area (Å²) in [4.78, 5) is 24.8. The Balaban J connectivity index is 3.66. The van der Waals surface area contributed by atoms with E-state index in [4.69, 9.17) is 10.1 Å². The van der Waals surface area contributed by atoms with E-state index < -0.39 is 5.97 Å². The van der Waals surface area contributed by atoms with Gasteiger partial charge in [-0.15, -0.1) is 0 Å². The first-order chi connectivity index (χ1) is 12.4. The zero-order valence-corrected chi connectivity index (χ0v) is 17.2. The molecule has 152 valence electrons. The second-order valence-corrected chi connectivity index (χ2v) is 7.22. The lowest BCUT2D eigenvalue weighted by Crippen LogP contribution is -2.44. The second kappa shape index (κ2) is 15.6. The highest BCUT2D eigenvalue weighted by molar-refractivity contribution is 5.96. The van der Waals surface area contributed by atoms with E-state index in [0.717, 1.165) is 12.8 Å². The second-order valence-electron chi connectivity index (χ2n) is 7.22. The number of carbonyl (C=O) groups is 2. The number of ether oxygens (including phenoxy) is 1. The van der Waals surface area contributed by atoms with Gasteiger partial charge in [-0.2, -0.15) is 0 Å². The van der Waals surface area contributed by atoms with E-state index in [9.17, 15) is 9.59 Å². The van der Waals surface area contributed by atoms with E-state index in [-0.39, 0.29) is 24.5 Å². The number of rotatable bonds is 14. The van der Waals surface area contributed by atoms with Gasteiger partial charge in [-0.3, -0.25) is 20.3 Å². The zero-order chi connectivity index (χ0) is 19.8. The van der Waals surface area contributed by atoms with Crippen molar-refractivity contribution in [2.45, 2.75) is 97.5 Å². The standard InChI is InChI=1S/C20H39N3O3/c1-5-6-7-8-9-10-11-12-13-14-15-18(24)22-20(21)23(4)16-19(25)26-17(2)3/h17H,5-16H2,1-4H3,(H2,21,22,24). The van der Waals surface area contributed by atoms with Crippen LogP contribution in [-0.2, 0) is 14.3 Å². The SMILES string of the molecule is CCCCCCCCCCCCC(=O)NC(=N)N(C)CC(=O)OC(C)C. The van der Waals surface area contributed by atoms with Crippen molar-refractivity contribution in [3.63, 3.8) is 0 Å². The van der Waals surface area contributed by atoms with Crippen molar-refractivity contribution in [3.05, 3.63) is 0 Å². The molecule has 0 atom stereocenters. The van der Waals surface area contributed by atoms with E-state index in [1.165, 1.54) is 56.3 Å². The van der Waals surface area contributed by atoms with Gasteiger partial charge in [0.05, 0.1) is 6.10 Å². The van der Waals surface area contributed by atoms with Crippen LogP contribution in [0, 0.1) is 5.41 Å². The molecule has 0 aliphatic rings. The molecule has 0 aliphatic heterocycles. The Morgan fingerprint density at radius 2 is 1.46 bits per heavy atom. The zero-order valence-electron chi connectivity index (χ0n) is 17.2. The van der Waals surface area contributed by atoms with Gasteiger partial charge in [0.1, 0.15) is 6.54 Å².